The smallest absolute Gasteiger partial charge is 0.230 e. The molecule has 156 valence electrons. The van der Waals surface area contributed by atoms with Gasteiger partial charge in [-0.3, -0.25) is 9.59 Å². The Bertz CT molecular complexity index is 1080. The summed E-state index contributed by atoms with van der Waals surface area (Å²) in [5, 5.41) is 8.35. The van der Waals surface area contributed by atoms with E-state index in [-0.39, 0.29) is 18.2 Å². The number of hydrogen-bond acceptors (Lipinski definition) is 6. The maximum absolute atomic E-state index is 12.4. The third-order valence-corrected chi connectivity index (χ3v) is 5.34. The van der Waals surface area contributed by atoms with E-state index in [1.165, 1.54) is 18.3 Å². The number of thiazole rings is 1. The number of methoxy groups -OCH3 is 2. The SMILES string of the molecule is COc1ccc(-c2nc(CC(=O)Nc3ccc(NC(C)=O)cc3Cl)cs2)cc1OC. The number of anilines is 2. The quantitative estimate of drug-likeness (QED) is 0.553. The van der Waals surface area contributed by atoms with E-state index >= 15 is 0 Å². The predicted octanol–water partition coefficient (Wildman–Crippen LogP) is 4.62. The maximum atomic E-state index is 12.4. The molecule has 0 radical (unpaired) electrons. The molecule has 2 aromatic carbocycles. The number of aromatic nitrogens is 1. The molecule has 3 aromatic rings. The molecular formula is C21H20ClN3O4S. The van der Waals surface area contributed by atoms with Crippen LogP contribution in [0.5, 0.6) is 11.5 Å². The fourth-order valence-electron chi connectivity index (χ4n) is 2.75. The Kier molecular flexibility index (Phi) is 6.91. The van der Waals surface area contributed by atoms with Crippen LogP contribution >= 0.6 is 22.9 Å². The van der Waals surface area contributed by atoms with Crippen LogP contribution < -0.4 is 20.1 Å². The first-order valence-electron chi connectivity index (χ1n) is 8.93. The summed E-state index contributed by atoms with van der Waals surface area (Å²) in [6.45, 7) is 1.41. The number of nitrogens with one attached hydrogen (secondary N) is 2. The number of carbonyl (C=O) groups excluding carboxylic acids is 2. The zero-order chi connectivity index (χ0) is 21.7. The van der Waals surface area contributed by atoms with E-state index in [0.29, 0.717) is 33.6 Å². The molecule has 0 fully saturated rings. The molecule has 1 aromatic heterocycles. The standard InChI is InChI=1S/C21H20ClN3O4S/c1-12(26)23-14-5-6-17(16(22)9-14)25-20(27)10-15-11-30-21(24-15)13-4-7-18(28-2)19(8-13)29-3/h4-9,11H,10H2,1-3H3,(H,23,26)(H,25,27). The Morgan fingerprint density at radius 1 is 1.07 bits per heavy atom. The van der Waals surface area contributed by atoms with E-state index < -0.39 is 0 Å². The lowest BCUT2D eigenvalue weighted by Gasteiger charge is -2.09. The lowest BCUT2D eigenvalue weighted by atomic mass is 10.2. The molecule has 0 aliphatic carbocycles. The van der Waals surface area contributed by atoms with Crippen LogP contribution in [0.2, 0.25) is 5.02 Å². The van der Waals surface area contributed by atoms with Crippen molar-refractivity contribution in [2.45, 2.75) is 13.3 Å². The highest BCUT2D eigenvalue weighted by Gasteiger charge is 2.13. The van der Waals surface area contributed by atoms with Gasteiger partial charge >= 0.3 is 0 Å². The average molecular weight is 446 g/mol. The number of nitrogens with zero attached hydrogens (tertiary/aromatic N) is 1. The first kappa shape index (κ1) is 21.6. The Morgan fingerprint density at radius 2 is 1.83 bits per heavy atom. The fourth-order valence-corrected chi connectivity index (χ4v) is 3.79. The summed E-state index contributed by atoms with van der Waals surface area (Å²) in [5.74, 6) is 0.811. The van der Waals surface area contributed by atoms with Crippen LogP contribution in [0.25, 0.3) is 10.6 Å². The van der Waals surface area contributed by atoms with E-state index in [1.54, 1.807) is 32.4 Å². The van der Waals surface area contributed by atoms with E-state index in [2.05, 4.69) is 15.6 Å². The molecule has 0 spiro atoms. The van der Waals surface area contributed by atoms with Crippen molar-refractivity contribution in [3.05, 3.63) is 52.5 Å². The van der Waals surface area contributed by atoms with Crippen molar-refractivity contribution in [3.8, 4) is 22.1 Å². The second kappa shape index (κ2) is 9.60. The molecule has 0 atom stereocenters. The van der Waals surface area contributed by atoms with Crippen LogP contribution in [0.4, 0.5) is 11.4 Å². The molecule has 30 heavy (non-hydrogen) atoms. The van der Waals surface area contributed by atoms with Gasteiger partial charge in [-0.15, -0.1) is 11.3 Å². The third-order valence-electron chi connectivity index (χ3n) is 4.09. The van der Waals surface area contributed by atoms with Crippen molar-refractivity contribution in [2.24, 2.45) is 0 Å². The van der Waals surface area contributed by atoms with Gasteiger partial charge in [-0.25, -0.2) is 4.98 Å². The fraction of sp³-hybridized carbons (Fsp3) is 0.190. The van der Waals surface area contributed by atoms with E-state index in [1.807, 2.05) is 23.6 Å². The van der Waals surface area contributed by atoms with Gasteiger partial charge in [-0.05, 0) is 36.4 Å². The minimum absolute atomic E-state index is 0.105. The second-order valence-electron chi connectivity index (χ2n) is 6.31. The van der Waals surface area contributed by atoms with Gasteiger partial charge in [-0.2, -0.15) is 0 Å². The molecule has 0 saturated heterocycles. The summed E-state index contributed by atoms with van der Waals surface area (Å²) in [6.07, 6.45) is 0.105. The van der Waals surface area contributed by atoms with Gasteiger partial charge in [0, 0.05) is 23.6 Å². The number of halogens is 1. The number of benzene rings is 2. The Labute approximate surface area is 183 Å². The largest absolute Gasteiger partial charge is 0.493 e. The molecule has 9 heteroatoms. The maximum Gasteiger partial charge on any atom is 0.230 e. The second-order valence-corrected chi connectivity index (χ2v) is 7.58. The first-order valence-corrected chi connectivity index (χ1v) is 10.2. The van der Waals surface area contributed by atoms with Crippen LogP contribution in [0.1, 0.15) is 12.6 Å². The highest BCUT2D eigenvalue weighted by atomic mass is 35.5. The number of carbonyl (C=O) groups is 2. The van der Waals surface area contributed by atoms with E-state index in [9.17, 15) is 9.59 Å². The lowest BCUT2D eigenvalue weighted by Crippen LogP contribution is -2.15. The number of amides is 2. The molecule has 0 unspecified atom stereocenters. The van der Waals surface area contributed by atoms with Gasteiger partial charge in [0.15, 0.2) is 11.5 Å². The zero-order valence-corrected chi connectivity index (χ0v) is 18.2. The van der Waals surface area contributed by atoms with Crippen molar-refractivity contribution in [2.75, 3.05) is 24.9 Å². The number of rotatable bonds is 7. The van der Waals surface area contributed by atoms with Gasteiger partial charge in [-0.1, -0.05) is 11.6 Å². The predicted molar refractivity (Wildman–Crippen MR) is 119 cm³/mol. The summed E-state index contributed by atoms with van der Waals surface area (Å²) >= 11 is 7.64. The van der Waals surface area contributed by atoms with Crippen LogP contribution in [0.3, 0.4) is 0 Å². The van der Waals surface area contributed by atoms with Gasteiger partial charge in [0.05, 0.1) is 37.0 Å². The van der Waals surface area contributed by atoms with Crippen LogP contribution in [0, 0.1) is 0 Å². The molecule has 0 bridgehead atoms. The molecule has 1 heterocycles. The van der Waals surface area contributed by atoms with Gasteiger partial charge < -0.3 is 20.1 Å². The van der Waals surface area contributed by atoms with Crippen molar-refractivity contribution in [1.82, 2.24) is 4.98 Å². The Hall–Kier alpha value is -3.10. The Morgan fingerprint density at radius 3 is 2.50 bits per heavy atom. The summed E-state index contributed by atoms with van der Waals surface area (Å²) in [5.41, 5.74) is 2.55. The molecular weight excluding hydrogens is 426 g/mol. The average Bonchev–Trinajstić information content (AvgIpc) is 3.17. The van der Waals surface area contributed by atoms with Crippen molar-refractivity contribution < 1.29 is 19.1 Å². The minimum Gasteiger partial charge on any atom is -0.493 e. The molecule has 2 N–H and O–H groups in total. The summed E-state index contributed by atoms with van der Waals surface area (Å²) in [4.78, 5) is 28.1. The van der Waals surface area contributed by atoms with Gasteiger partial charge in [0.1, 0.15) is 5.01 Å². The monoisotopic (exact) mass is 445 g/mol. The Balaban J connectivity index is 1.67. The minimum atomic E-state index is -0.242. The summed E-state index contributed by atoms with van der Waals surface area (Å²) in [7, 11) is 3.16. The van der Waals surface area contributed by atoms with Gasteiger partial charge in [0.2, 0.25) is 11.8 Å². The van der Waals surface area contributed by atoms with Crippen LogP contribution in [0.15, 0.2) is 41.8 Å². The normalized spacial score (nSPS) is 10.4. The summed E-state index contributed by atoms with van der Waals surface area (Å²) < 4.78 is 10.6. The zero-order valence-electron chi connectivity index (χ0n) is 16.6. The number of ether oxygens (including phenoxy) is 2. The van der Waals surface area contributed by atoms with Gasteiger partial charge in [0.25, 0.3) is 0 Å². The number of hydrogen-bond donors (Lipinski definition) is 2. The van der Waals surface area contributed by atoms with Crippen LogP contribution in [-0.2, 0) is 16.0 Å². The van der Waals surface area contributed by atoms with E-state index in [4.69, 9.17) is 21.1 Å². The first-order chi connectivity index (χ1) is 14.4. The lowest BCUT2D eigenvalue weighted by molar-refractivity contribution is -0.116. The molecule has 0 aliphatic heterocycles. The van der Waals surface area contributed by atoms with Crippen molar-refractivity contribution in [3.63, 3.8) is 0 Å². The highest BCUT2D eigenvalue weighted by molar-refractivity contribution is 7.13. The van der Waals surface area contributed by atoms with Crippen LogP contribution in [-0.4, -0.2) is 31.0 Å². The summed E-state index contributed by atoms with van der Waals surface area (Å²) in [6, 6.07) is 10.4. The molecule has 0 aliphatic rings. The van der Waals surface area contributed by atoms with Crippen molar-refractivity contribution >= 4 is 46.1 Å². The molecule has 3 rings (SSSR count). The van der Waals surface area contributed by atoms with Crippen molar-refractivity contribution in [1.29, 1.82) is 0 Å². The molecule has 7 nitrogen and oxygen atoms in total. The highest BCUT2D eigenvalue weighted by Crippen LogP contribution is 2.33. The topological polar surface area (TPSA) is 89.5 Å². The molecule has 0 saturated carbocycles. The molecule has 2 amide bonds. The third kappa shape index (κ3) is 5.28. The van der Waals surface area contributed by atoms with E-state index in [0.717, 1.165) is 10.6 Å².